The SMILES string of the molecule is CO[C@@H]1C[C@@H](c2n[nH]c(C)n2)N(C(=O)c2cc(C(C)C)[nH]n2)C1. The minimum Gasteiger partial charge on any atom is -0.380 e. The van der Waals surface area contributed by atoms with E-state index in [0.29, 0.717) is 30.4 Å². The van der Waals surface area contributed by atoms with Crippen LogP contribution in [0.2, 0.25) is 0 Å². The molecule has 0 saturated carbocycles. The molecule has 2 N–H and O–H groups in total. The third-order valence-corrected chi connectivity index (χ3v) is 4.21. The van der Waals surface area contributed by atoms with E-state index < -0.39 is 0 Å². The number of carbonyl (C=O) groups is 1. The summed E-state index contributed by atoms with van der Waals surface area (Å²) in [4.78, 5) is 19.0. The summed E-state index contributed by atoms with van der Waals surface area (Å²) in [6.45, 7) is 6.46. The summed E-state index contributed by atoms with van der Waals surface area (Å²) in [5, 5.41) is 14.1. The molecule has 1 aliphatic heterocycles. The van der Waals surface area contributed by atoms with E-state index in [1.165, 1.54) is 0 Å². The first-order valence-electron chi connectivity index (χ1n) is 7.77. The second-order valence-corrected chi connectivity index (χ2v) is 6.21. The molecule has 0 radical (unpaired) electrons. The predicted molar refractivity (Wildman–Crippen MR) is 83.0 cm³/mol. The number of aryl methyl sites for hydroxylation is 1. The molecule has 1 aliphatic rings. The molecule has 1 saturated heterocycles. The Morgan fingerprint density at radius 3 is 2.74 bits per heavy atom. The molecule has 2 aromatic rings. The maximum atomic E-state index is 12.9. The second-order valence-electron chi connectivity index (χ2n) is 6.21. The van der Waals surface area contributed by atoms with E-state index in [1.807, 2.05) is 13.0 Å². The summed E-state index contributed by atoms with van der Waals surface area (Å²) in [7, 11) is 1.66. The number of H-pyrrole nitrogens is 2. The third-order valence-electron chi connectivity index (χ3n) is 4.21. The van der Waals surface area contributed by atoms with Crippen molar-refractivity contribution in [1.29, 1.82) is 0 Å². The average molecular weight is 318 g/mol. The van der Waals surface area contributed by atoms with Crippen LogP contribution in [0.4, 0.5) is 0 Å². The van der Waals surface area contributed by atoms with Crippen molar-refractivity contribution in [3.05, 3.63) is 29.1 Å². The molecule has 1 fully saturated rings. The first-order valence-corrected chi connectivity index (χ1v) is 7.77. The van der Waals surface area contributed by atoms with Crippen molar-refractivity contribution >= 4 is 5.91 Å². The van der Waals surface area contributed by atoms with Crippen LogP contribution in [0.5, 0.6) is 0 Å². The van der Waals surface area contributed by atoms with E-state index in [-0.39, 0.29) is 18.1 Å². The van der Waals surface area contributed by atoms with Gasteiger partial charge in [0, 0.05) is 25.8 Å². The van der Waals surface area contributed by atoms with Gasteiger partial charge in [-0.25, -0.2) is 4.98 Å². The first kappa shape index (κ1) is 15.7. The molecule has 1 amide bonds. The Labute approximate surface area is 134 Å². The van der Waals surface area contributed by atoms with Crippen molar-refractivity contribution in [3.8, 4) is 0 Å². The average Bonchev–Trinajstić information content (AvgIpc) is 3.24. The smallest absolute Gasteiger partial charge is 0.275 e. The zero-order valence-corrected chi connectivity index (χ0v) is 13.8. The fraction of sp³-hybridized carbons (Fsp3) is 0.600. The Morgan fingerprint density at radius 2 is 2.17 bits per heavy atom. The Bertz CT molecular complexity index is 692. The van der Waals surface area contributed by atoms with E-state index in [4.69, 9.17) is 4.74 Å². The molecular weight excluding hydrogens is 296 g/mol. The predicted octanol–water partition coefficient (Wildman–Crippen LogP) is 1.56. The van der Waals surface area contributed by atoms with Gasteiger partial charge in [0.15, 0.2) is 5.82 Å². The number of aromatic amines is 2. The van der Waals surface area contributed by atoms with E-state index in [0.717, 1.165) is 11.5 Å². The number of nitrogens with one attached hydrogen (secondary N) is 2. The van der Waals surface area contributed by atoms with Gasteiger partial charge in [-0.3, -0.25) is 15.0 Å². The number of aromatic nitrogens is 5. The zero-order valence-electron chi connectivity index (χ0n) is 13.8. The lowest BCUT2D eigenvalue weighted by atomic mass is 10.1. The molecule has 0 aliphatic carbocycles. The van der Waals surface area contributed by atoms with Crippen LogP contribution >= 0.6 is 0 Å². The van der Waals surface area contributed by atoms with Crippen LogP contribution in [0, 0.1) is 6.92 Å². The molecule has 3 rings (SSSR count). The number of rotatable bonds is 4. The van der Waals surface area contributed by atoms with Gasteiger partial charge in [-0.1, -0.05) is 13.8 Å². The number of ether oxygens (including phenoxy) is 1. The molecule has 2 atom stereocenters. The van der Waals surface area contributed by atoms with Crippen LogP contribution < -0.4 is 0 Å². The molecule has 2 aromatic heterocycles. The summed E-state index contributed by atoms with van der Waals surface area (Å²) in [5.74, 6) is 1.52. The number of carbonyl (C=O) groups excluding carboxylic acids is 1. The van der Waals surface area contributed by atoms with Gasteiger partial charge in [0.25, 0.3) is 5.91 Å². The van der Waals surface area contributed by atoms with Crippen LogP contribution in [0.15, 0.2) is 6.07 Å². The van der Waals surface area contributed by atoms with Gasteiger partial charge >= 0.3 is 0 Å². The molecule has 0 spiro atoms. The molecule has 8 nitrogen and oxygen atoms in total. The Morgan fingerprint density at radius 1 is 1.39 bits per heavy atom. The van der Waals surface area contributed by atoms with Gasteiger partial charge in [-0.05, 0) is 18.9 Å². The minimum absolute atomic E-state index is 0.0220. The van der Waals surface area contributed by atoms with Gasteiger partial charge in [0.05, 0.1) is 12.1 Å². The lowest BCUT2D eigenvalue weighted by Crippen LogP contribution is -2.32. The van der Waals surface area contributed by atoms with Gasteiger partial charge in [0.1, 0.15) is 11.5 Å². The standard InChI is InChI=1S/C15H22N6O2/c1-8(2)11-6-12(19-18-11)15(22)21-7-10(23-4)5-13(21)14-16-9(3)17-20-14/h6,8,10,13H,5,7H2,1-4H3,(H,18,19)(H,16,17,20)/t10-,13+/m1/s1. The zero-order chi connectivity index (χ0) is 16.6. The van der Waals surface area contributed by atoms with Gasteiger partial charge < -0.3 is 9.64 Å². The molecule has 124 valence electrons. The highest BCUT2D eigenvalue weighted by Crippen LogP contribution is 2.32. The highest BCUT2D eigenvalue weighted by Gasteiger charge is 2.39. The lowest BCUT2D eigenvalue weighted by Gasteiger charge is -2.21. The molecular formula is C15H22N6O2. The highest BCUT2D eigenvalue weighted by atomic mass is 16.5. The normalized spacial score (nSPS) is 21.3. The highest BCUT2D eigenvalue weighted by molar-refractivity contribution is 5.93. The molecule has 0 unspecified atom stereocenters. The maximum Gasteiger partial charge on any atom is 0.275 e. The number of amides is 1. The van der Waals surface area contributed by atoms with Crippen LogP contribution in [0.1, 0.15) is 60.1 Å². The van der Waals surface area contributed by atoms with Crippen molar-refractivity contribution in [1.82, 2.24) is 30.3 Å². The molecule has 0 aromatic carbocycles. The molecule has 3 heterocycles. The van der Waals surface area contributed by atoms with Crippen LogP contribution in [-0.4, -0.2) is 55.9 Å². The topological polar surface area (TPSA) is 99.8 Å². The largest absolute Gasteiger partial charge is 0.380 e. The Kier molecular flexibility index (Phi) is 4.16. The van der Waals surface area contributed by atoms with E-state index in [1.54, 1.807) is 12.0 Å². The number of likely N-dealkylation sites (tertiary alicyclic amines) is 1. The van der Waals surface area contributed by atoms with Crippen molar-refractivity contribution in [2.45, 2.75) is 45.3 Å². The second kappa shape index (κ2) is 6.11. The summed E-state index contributed by atoms with van der Waals surface area (Å²) in [6.07, 6.45) is 0.660. The van der Waals surface area contributed by atoms with Crippen LogP contribution in [0.25, 0.3) is 0 Å². The molecule has 0 bridgehead atoms. The van der Waals surface area contributed by atoms with Crippen molar-refractivity contribution in [3.63, 3.8) is 0 Å². The number of nitrogens with zero attached hydrogens (tertiary/aromatic N) is 4. The molecule has 8 heteroatoms. The quantitative estimate of drug-likeness (QED) is 0.891. The van der Waals surface area contributed by atoms with Gasteiger partial charge in [-0.15, -0.1) is 0 Å². The van der Waals surface area contributed by atoms with E-state index >= 15 is 0 Å². The summed E-state index contributed by atoms with van der Waals surface area (Å²) in [6, 6.07) is 1.62. The minimum atomic E-state index is -0.198. The number of hydrogen-bond acceptors (Lipinski definition) is 5. The maximum absolute atomic E-state index is 12.9. The lowest BCUT2D eigenvalue weighted by molar-refractivity contribution is 0.0678. The number of hydrogen-bond donors (Lipinski definition) is 2. The molecule has 23 heavy (non-hydrogen) atoms. The summed E-state index contributed by atoms with van der Waals surface area (Å²) in [5.41, 5.74) is 1.36. The monoisotopic (exact) mass is 318 g/mol. The fourth-order valence-electron chi connectivity index (χ4n) is 2.84. The van der Waals surface area contributed by atoms with E-state index in [9.17, 15) is 4.79 Å². The Balaban J connectivity index is 1.86. The third kappa shape index (κ3) is 2.98. The fourth-order valence-corrected chi connectivity index (χ4v) is 2.84. The van der Waals surface area contributed by atoms with Crippen LogP contribution in [-0.2, 0) is 4.74 Å². The van der Waals surface area contributed by atoms with Crippen molar-refractivity contribution < 1.29 is 9.53 Å². The number of methoxy groups -OCH3 is 1. The van der Waals surface area contributed by atoms with Crippen molar-refractivity contribution in [2.24, 2.45) is 0 Å². The van der Waals surface area contributed by atoms with Gasteiger partial charge in [-0.2, -0.15) is 10.2 Å². The van der Waals surface area contributed by atoms with Gasteiger partial charge in [0.2, 0.25) is 0 Å². The Hall–Kier alpha value is -2.22. The summed E-state index contributed by atoms with van der Waals surface area (Å²) < 4.78 is 5.44. The van der Waals surface area contributed by atoms with Crippen molar-refractivity contribution in [2.75, 3.05) is 13.7 Å². The summed E-state index contributed by atoms with van der Waals surface area (Å²) >= 11 is 0. The first-order chi connectivity index (χ1) is 11.0. The van der Waals surface area contributed by atoms with E-state index in [2.05, 4.69) is 39.2 Å². The van der Waals surface area contributed by atoms with Crippen LogP contribution in [0.3, 0.4) is 0 Å².